The Morgan fingerprint density at radius 1 is 1.15 bits per heavy atom. The Labute approximate surface area is 111 Å². The van der Waals surface area contributed by atoms with Crippen molar-refractivity contribution < 1.29 is 43.8 Å². The molecule has 2 amide bonds. The Morgan fingerprint density at radius 3 is 2.05 bits per heavy atom. The fourth-order valence-electron chi connectivity index (χ4n) is 1.03. The third-order valence-electron chi connectivity index (χ3n) is 1.79. The van der Waals surface area contributed by atoms with Crippen molar-refractivity contribution in [1.29, 1.82) is 0 Å². The number of carboxylic acid groups (broad SMARTS) is 1. The molecule has 0 spiro atoms. The highest BCUT2D eigenvalue weighted by Gasteiger charge is 2.42. The van der Waals surface area contributed by atoms with E-state index >= 15 is 0 Å². The summed E-state index contributed by atoms with van der Waals surface area (Å²) in [4.78, 5) is 57.8. The smallest absolute Gasteiger partial charge is 0.345 e. The summed E-state index contributed by atoms with van der Waals surface area (Å²) in [5.74, 6) is -5.66. The lowest BCUT2D eigenvalue weighted by Gasteiger charge is -2.20. The van der Waals surface area contributed by atoms with Crippen LogP contribution in [0.1, 0.15) is 19.8 Å². The highest BCUT2D eigenvalue weighted by atomic mass is 16.7. The zero-order chi connectivity index (χ0) is 15.9. The summed E-state index contributed by atoms with van der Waals surface area (Å²) in [6.45, 7) is 0.892. The standard InChI is InChI=1S/C9H12N2O9/c1-4(12)19-5(13)2-9(18,7(15)16)3-6(14)20-11-8(10)17/h18H,2-3H2,1H3,(H,15,16)(H3,10,11,17). The fraction of sp³-hybridized carbons (Fsp3) is 0.444. The largest absolute Gasteiger partial charge is 0.479 e. The summed E-state index contributed by atoms with van der Waals surface area (Å²) < 4.78 is 4.03. The summed E-state index contributed by atoms with van der Waals surface area (Å²) in [6, 6.07) is -1.23. The Balaban J connectivity index is 4.72. The highest BCUT2D eigenvalue weighted by Crippen LogP contribution is 2.17. The van der Waals surface area contributed by atoms with Crippen LogP contribution < -0.4 is 11.2 Å². The predicted octanol–water partition coefficient (Wildman–Crippen LogP) is -2.20. The number of aliphatic hydroxyl groups is 1. The van der Waals surface area contributed by atoms with Crippen LogP contribution in [0.3, 0.4) is 0 Å². The maximum absolute atomic E-state index is 11.1. The summed E-state index contributed by atoms with van der Waals surface area (Å²) in [5.41, 5.74) is 3.13. The van der Waals surface area contributed by atoms with E-state index in [0.717, 1.165) is 6.92 Å². The number of carbonyl (C=O) groups is 5. The van der Waals surface area contributed by atoms with Gasteiger partial charge in [0.1, 0.15) is 0 Å². The number of amides is 2. The number of hydrogen-bond donors (Lipinski definition) is 4. The first kappa shape index (κ1) is 17.3. The van der Waals surface area contributed by atoms with Crippen molar-refractivity contribution in [2.45, 2.75) is 25.4 Å². The monoisotopic (exact) mass is 292 g/mol. The average Bonchev–Trinajstić information content (AvgIpc) is 2.24. The molecule has 5 N–H and O–H groups in total. The van der Waals surface area contributed by atoms with Crippen molar-refractivity contribution in [2.75, 3.05) is 0 Å². The van der Waals surface area contributed by atoms with Crippen molar-refractivity contribution >= 4 is 29.9 Å². The molecule has 0 aliphatic heterocycles. The van der Waals surface area contributed by atoms with Gasteiger partial charge in [-0.2, -0.15) is 5.48 Å². The van der Waals surface area contributed by atoms with Crippen LogP contribution in [0.4, 0.5) is 4.79 Å². The molecule has 0 saturated heterocycles. The van der Waals surface area contributed by atoms with Crippen molar-refractivity contribution in [3.63, 3.8) is 0 Å². The molecule has 0 aliphatic rings. The number of urea groups is 1. The Morgan fingerprint density at radius 2 is 1.65 bits per heavy atom. The van der Waals surface area contributed by atoms with E-state index in [1.54, 1.807) is 0 Å². The zero-order valence-corrected chi connectivity index (χ0v) is 10.2. The first-order valence-electron chi connectivity index (χ1n) is 4.99. The molecule has 0 saturated carbocycles. The van der Waals surface area contributed by atoms with E-state index in [1.165, 1.54) is 5.48 Å². The van der Waals surface area contributed by atoms with Gasteiger partial charge < -0.3 is 25.5 Å². The molecule has 11 nitrogen and oxygen atoms in total. The van der Waals surface area contributed by atoms with Crippen molar-refractivity contribution in [2.24, 2.45) is 5.73 Å². The number of rotatable bonds is 5. The average molecular weight is 292 g/mol. The second-order valence-corrected chi connectivity index (χ2v) is 3.60. The summed E-state index contributed by atoms with van der Waals surface area (Å²) >= 11 is 0. The van der Waals surface area contributed by atoms with E-state index in [1.807, 2.05) is 0 Å². The van der Waals surface area contributed by atoms with Crippen LogP contribution in [0, 0.1) is 0 Å². The van der Waals surface area contributed by atoms with Gasteiger partial charge in [0.2, 0.25) is 0 Å². The SMILES string of the molecule is CC(=O)OC(=O)CC(O)(CC(=O)ONC(N)=O)C(=O)O. The van der Waals surface area contributed by atoms with Gasteiger partial charge in [0.15, 0.2) is 5.60 Å². The number of hydroxylamine groups is 1. The first-order chi connectivity index (χ1) is 9.06. The second kappa shape index (κ2) is 7.04. The van der Waals surface area contributed by atoms with Gasteiger partial charge >= 0.3 is 29.9 Å². The van der Waals surface area contributed by atoms with E-state index in [-0.39, 0.29) is 0 Å². The molecule has 11 heteroatoms. The lowest BCUT2D eigenvalue weighted by molar-refractivity contribution is -0.176. The zero-order valence-electron chi connectivity index (χ0n) is 10.2. The maximum atomic E-state index is 11.1. The number of carbonyl (C=O) groups excluding carboxylic acids is 4. The van der Waals surface area contributed by atoms with Crippen molar-refractivity contribution in [3.8, 4) is 0 Å². The molecule has 112 valence electrons. The molecule has 0 bridgehead atoms. The van der Waals surface area contributed by atoms with Gasteiger partial charge in [0.25, 0.3) is 0 Å². The van der Waals surface area contributed by atoms with Gasteiger partial charge in [-0.3, -0.25) is 9.59 Å². The van der Waals surface area contributed by atoms with Crippen LogP contribution in [-0.4, -0.2) is 45.7 Å². The summed E-state index contributed by atoms with van der Waals surface area (Å²) in [7, 11) is 0. The van der Waals surface area contributed by atoms with Gasteiger partial charge in [-0.05, 0) is 0 Å². The number of esters is 2. The molecular weight excluding hydrogens is 280 g/mol. The highest BCUT2D eigenvalue weighted by molar-refractivity contribution is 5.92. The van der Waals surface area contributed by atoms with E-state index in [0.29, 0.717) is 0 Å². The molecule has 1 atom stereocenters. The third kappa shape index (κ3) is 6.30. The van der Waals surface area contributed by atoms with Crippen LogP contribution in [-0.2, 0) is 28.8 Å². The second-order valence-electron chi connectivity index (χ2n) is 3.60. The van der Waals surface area contributed by atoms with Crippen LogP contribution in [0.2, 0.25) is 0 Å². The topological polar surface area (TPSA) is 182 Å². The molecule has 0 aromatic heterocycles. The van der Waals surface area contributed by atoms with E-state index < -0.39 is 48.4 Å². The molecule has 0 aliphatic carbocycles. The number of aliphatic carboxylic acids is 1. The van der Waals surface area contributed by atoms with Crippen LogP contribution in [0.25, 0.3) is 0 Å². The quantitative estimate of drug-likeness (QED) is 0.248. The lowest BCUT2D eigenvalue weighted by atomic mass is 9.96. The lowest BCUT2D eigenvalue weighted by Crippen LogP contribution is -2.44. The molecule has 20 heavy (non-hydrogen) atoms. The van der Waals surface area contributed by atoms with Gasteiger partial charge in [-0.15, -0.1) is 0 Å². The van der Waals surface area contributed by atoms with Gasteiger partial charge in [0, 0.05) is 6.92 Å². The Kier molecular flexibility index (Phi) is 6.09. The molecule has 1 unspecified atom stereocenters. The third-order valence-corrected chi connectivity index (χ3v) is 1.79. The van der Waals surface area contributed by atoms with Gasteiger partial charge in [-0.25, -0.2) is 14.4 Å². The molecular formula is C9H12N2O9. The number of primary amides is 1. The van der Waals surface area contributed by atoms with Crippen molar-refractivity contribution in [1.82, 2.24) is 5.48 Å². The predicted molar refractivity (Wildman–Crippen MR) is 57.4 cm³/mol. The molecule has 0 radical (unpaired) electrons. The van der Waals surface area contributed by atoms with E-state index in [9.17, 15) is 29.1 Å². The van der Waals surface area contributed by atoms with Crippen LogP contribution >= 0.6 is 0 Å². The number of ether oxygens (including phenoxy) is 1. The minimum atomic E-state index is -2.86. The number of carboxylic acids is 1. The normalized spacial score (nSPS) is 12.7. The number of nitrogens with two attached hydrogens (primary N) is 1. The number of nitrogens with one attached hydrogen (secondary N) is 1. The van der Waals surface area contributed by atoms with Crippen LogP contribution in [0.15, 0.2) is 0 Å². The number of hydrogen-bond acceptors (Lipinski definition) is 8. The molecule has 0 aromatic carbocycles. The minimum absolute atomic E-state index is 0.892. The molecule has 0 fully saturated rings. The fourth-order valence-corrected chi connectivity index (χ4v) is 1.03. The van der Waals surface area contributed by atoms with Gasteiger partial charge in [-0.1, -0.05) is 0 Å². The minimum Gasteiger partial charge on any atom is -0.479 e. The van der Waals surface area contributed by atoms with Gasteiger partial charge in [0.05, 0.1) is 12.8 Å². The first-order valence-corrected chi connectivity index (χ1v) is 4.99. The van der Waals surface area contributed by atoms with E-state index in [4.69, 9.17) is 5.11 Å². The maximum Gasteiger partial charge on any atom is 0.345 e. The van der Waals surface area contributed by atoms with Crippen LogP contribution in [0.5, 0.6) is 0 Å². The Hall–Kier alpha value is -2.69. The molecule has 0 rings (SSSR count). The Bertz CT molecular complexity index is 447. The summed E-state index contributed by atoms with van der Waals surface area (Å²) in [6.07, 6.45) is -2.36. The molecule has 0 aromatic rings. The van der Waals surface area contributed by atoms with Crippen molar-refractivity contribution in [3.05, 3.63) is 0 Å². The van der Waals surface area contributed by atoms with E-state index in [2.05, 4.69) is 15.3 Å². The molecule has 0 heterocycles. The summed E-state index contributed by atoms with van der Waals surface area (Å²) in [5, 5.41) is 18.4.